The Morgan fingerprint density at radius 2 is 2.05 bits per heavy atom. The quantitative estimate of drug-likeness (QED) is 0.782. The standard InChI is InChI=1S/C14H16BrN5/c1-8(2)20-12-5-4-9(15)6-11(12)18-14(20)10-7-17-19(3)13(10)16/h4-8H,16H2,1-3H3. The van der Waals surface area contributed by atoms with E-state index in [1.54, 1.807) is 10.9 Å². The number of imidazole rings is 1. The Balaban J connectivity index is 2.35. The molecule has 0 bridgehead atoms. The van der Waals surface area contributed by atoms with Gasteiger partial charge in [0.2, 0.25) is 0 Å². The molecule has 0 saturated heterocycles. The van der Waals surface area contributed by atoms with Gasteiger partial charge in [-0.15, -0.1) is 0 Å². The minimum atomic E-state index is 0.288. The summed E-state index contributed by atoms with van der Waals surface area (Å²) in [5.41, 5.74) is 9.01. The fourth-order valence-corrected chi connectivity index (χ4v) is 2.75. The number of halogens is 1. The van der Waals surface area contributed by atoms with Crippen LogP contribution >= 0.6 is 15.9 Å². The van der Waals surface area contributed by atoms with Crippen molar-refractivity contribution in [2.45, 2.75) is 19.9 Å². The molecule has 0 atom stereocenters. The van der Waals surface area contributed by atoms with Gasteiger partial charge in [-0.25, -0.2) is 4.98 Å². The highest BCUT2D eigenvalue weighted by Gasteiger charge is 2.18. The number of nitrogen functional groups attached to an aromatic ring is 1. The van der Waals surface area contributed by atoms with E-state index in [2.05, 4.69) is 45.5 Å². The molecule has 104 valence electrons. The van der Waals surface area contributed by atoms with Gasteiger partial charge in [0.25, 0.3) is 0 Å². The third kappa shape index (κ3) is 1.91. The number of benzene rings is 1. The average Bonchev–Trinajstić information content (AvgIpc) is 2.90. The minimum absolute atomic E-state index is 0.288. The lowest BCUT2D eigenvalue weighted by Crippen LogP contribution is -2.04. The molecule has 3 rings (SSSR count). The SMILES string of the molecule is CC(C)n1c(-c2cnn(C)c2N)nc2cc(Br)ccc21. The van der Waals surface area contributed by atoms with Gasteiger partial charge in [-0.05, 0) is 32.0 Å². The van der Waals surface area contributed by atoms with Crippen LogP contribution < -0.4 is 5.73 Å². The number of hydrogen-bond acceptors (Lipinski definition) is 3. The van der Waals surface area contributed by atoms with Crippen LogP contribution in [0.4, 0.5) is 5.82 Å². The first-order valence-electron chi connectivity index (χ1n) is 6.44. The summed E-state index contributed by atoms with van der Waals surface area (Å²) in [6, 6.07) is 6.40. The summed E-state index contributed by atoms with van der Waals surface area (Å²) in [4.78, 5) is 4.74. The smallest absolute Gasteiger partial charge is 0.146 e. The van der Waals surface area contributed by atoms with E-state index in [0.717, 1.165) is 26.9 Å². The number of nitrogens with zero attached hydrogens (tertiary/aromatic N) is 4. The van der Waals surface area contributed by atoms with Crippen LogP contribution in [0.5, 0.6) is 0 Å². The van der Waals surface area contributed by atoms with E-state index < -0.39 is 0 Å². The second-order valence-corrected chi connectivity index (χ2v) is 6.01. The fourth-order valence-electron chi connectivity index (χ4n) is 2.40. The van der Waals surface area contributed by atoms with Crippen molar-refractivity contribution in [3.8, 4) is 11.4 Å². The zero-order chi connectivity index (χ0) is 14.4. The van der Waals surface area contributed by atoms with E-state index in [1.807, 2.05) is 19.2 Å². The van der Waals surface area contributed by atoms with E-state index in [-0.39, 0.29) is 6.04 Å². The summed E-state index contributed by atoms with van der Waals surface area (Å²) in [5.74, 6) is 1.49. The first kappa shape index (κ1) is 13.2. The van der Waals surface area contributed by atoms with E-state index >= 15 is 0 Å². The number of nitrogens with two attached hydrogens (primary N) is 1. The predicted molar refractivity (Wildman–Crippen MR) is 84.4 cm³/mol. The third-order valence-electron chi connectivity index (χ3n) is 3.39. The monoisotopic (exact) mass is 333 g/mol. The van der Waals surface area contributed by atoms with Crippen molar-refractivity contribution < 1.29 is 0 Å². The van der Waals surface area contributed by atoms with Crippen LogP contribution in [0.15, 0.2) is 28.9 Å². The molecule has 0 radical (unpaired) electrons. The van der Waals surface area contributed by atoms with Gasteiger partial charge in [0.05, 0.1) is 22.8 Å². The van der Waals surface area contributed by atoms with Crippen LogP contribution in [0, 0.1) is 0 Å². The maximum atomic E-state index is 6.09. The first-order chi connectivity index (χ1) is 9.49. The Bertz CT molecular complexity index is 784. The lowest BCUT2D eigenvalue weighted by molar-refractivity contribution is 0.624. The lowest BCUT2D eigenvalue weighted by atomic mass is 10.2. The Morgan fingerprint density at radius 3 is 2.65 bits per heavy atom. The van der Waals surface area contributed by atoms with Gasteiger partial charge in [0.15, 0.2) is 0 Å². The third-order valence-corrected chi connectivity index (χ3v) is 3.89. The number of aromatic nitrogens is 4. The molecule has 20 heavy (non-hydrogen) atoms. The highest BCUT2D eigenvalue weighted by atomic mass is 79.9. The van der Waals surface area contributed by atoms with Crippen molar-refractivity contribution in [3.05, 3.63) is 28.9 Å². The molecule has 1 aromatic carbocycles. The summed E-state index contributed by atoms with van der Waals surface area (Å²) in [6.45, 7) is 4.28. The van der Waals surface area contributed by atoms with E-state index in [0.29, 0.717) is 5.82 Å². The molecule has 2 aromatic heterocycles. The van der Waals surface area contributed by atoms with Crippen molar-refractivity contribution in [2.24, 2.45) is 7.05 Å². The number of aryl methyl sites for hydroxylation is 1. The van der Waals surface area contributed by atoms with Crippen LogP contribution in [0.1, 0.15) is 19.9 Å². The molecule has 0 unspecified atom stereocenters. The van der Waals surface area contributed by atoms with Crippen LogP contribution in [-0.2, 0) is 7.05 Å². The molecule has 0 fully saturated rings. The summed E-state index contributed by atoms with van der Waals surface area (Å²) in [5, 5.41) is 4.21. The highest BCUT2D eigenvalue weighted by molar-refractivity contribution is 9.10. The summed E-state index contributed by atoms with van der Waals surface area (Å²) in [7, 11) is 1.83. The van der Waals surface area contributed by atoms with Gasteiger partial charge in [-0.3, -0.25) is 4.68 Å². The van der Waals surface area contributed by atoms with Gasteiger partial charge in [-0.2, -0.15) is 5.10 Å². The van der Waals surface area contributed by atoms with Gasteiger partial charge in [0.1, 0.15) is 11.6 Å². The largest absolute Gasteiger partial charge is 0.383 e. The maximum absolute atomic E-state index is 6.09. The van der Waals surface area contributed by atoms with Crippen LogP contribution in [-0.4, -0.2) is 19.3 Å². The normalized spacial score (nSPS) is 11.7. The topological polar surface area (TPSA) is 61.7 Å². The molecule has 0 saturated carbocycles. The molecule has 6 heteroatoms. The molecular formula is C14H16BrN5. The van der Waals surface area contributed by atoms with Crippen molar-refractivity contribution in [3.63, 3.8) is 0 Å². The fraction of sp³-hybridized carbons (Fsp3) is 0.286. The number of hydrogen-bond donors (Lipinski definition) is 1. The second kappa shape index (κ2) is 4.63. The Kier molecular flexibility index (Phi) is 3.05. The number of fused-ring (bicyclic) bond motifs is 1. The molecule has 5 nitrogen and oxygen atoms in total. The van der Waals surface area contributed by atoms with Crippen LogP contribution in [0.3, 0.4) is 0 Å². The molecular weight excluding hydrogens is 318 g/mol. The minimum Gasteiger partial charge on any atom is -0.383 e. The zero-order valence-electron chi connectivity index (χ0n) is 11.6. The molecule has 2 heterocycles. The summed E-state index contributed by atoms with van der Waals surface area (Å²) >= 11 is 3.49. The average molecular weight is 334 g/mol. The molecule has 3 aromatic rings. The van der Waals surface area contributed by atoms with Gasteiger partial charge in [0, 0.05) is 17.6 Å². The molecule has 0 amide bonds. The molecule has 0 aliphatic rings. The lowest BCUT2D eigenvalue weighted by Gasteiger charge is -2.12. The predicted octanol–water partition coefficient (Wildman–Crippen LogP) is 3.36. The van der Waals surface area contributed by atoms with Crippen molar-refractivity contribution >= 4 is 32.8 Å². The van der Waals surface area contributed by atoms with Crippen molar-refractivity contribution in [1.29, 1.82) is 0 Å². The second-order valence-electron chi connectivity index (χ2n) is 5.10. The van der Waals surface area contributed by atoms with Gasteiger partial charge >= 0.3 is 0 Å². The molecule has 2 N–H and O–H groups in total. The van der Waals surface area contributed by atoms with E-state index in [1.165, 1.54) is 0 Å². The van der Waals surface area contributed by atoms with Crippen LogP contribution in [0.2, 0.25) is 0 Å². The number of rotatable bonds is 2. The highest BCUT2D eigenvalue weighted by Crippen LogP contribution is 2.32. The Labute approximate surface area is 125 Å². The Hall–Kier alpha value is -1.82. The summed E-state index contributed by atoms with van der Waals surface area (Å²) < 4.78 is 4.87. The summed E-state index contributed by atoms with van der Waals surface area (Å²) in [6.07, 6.45) is 1.77. The number of anilines is 1. The Morgan fingerprint density at radius 1 is 1.30 bits per heavy atom. The van der Waals surface area contributed by atoms with E-state index in [9.17, 15) is 0 Å². The first-order valence-corrected chi connectivity index (χ1v) is 7.23. The molecule has 0 spiro atoms. The van der Waals surface area contributed by atoms with Gasteiger partial charge < -0.3 is 10.3 Å². The molecule has 0 aliphatic carbocycles. The van der Waals surface area contributed by atoms with Crippen molar-refractivity contribution in [1.82, 2.24) is 19.3 Å². The maximum Gasteiger partial charge on any atom is 0.146 e. The molecule has 0 aliphatic heterocycles. The van der Waals surface area contributed by atoms with E-state index in [4.69, 9.17) is 10.7 Å². The van der Waals surface area contributed by atoms with Gasteiger partial charge in [-0.1, -0.05) is 15.9 Å². The van der Waals surface area contributed by atoms with Crippen LogP contribution in [0.25, 0.3) is 22.4 Å². The van der Waals surface area contributed by atoms with Crippen molar-refractivity contribution in [2.75, 3.05) is 5.73 Å². The zero-order valence-corrected chi connectivity index (χ0v) is 13.2.